The van der Waals surface area contributed by atoms with Gasteiger partial charge in [0.2, 0.25) is 0 Å². The minimum Gasteiger partial charge on any atom is -0.469 e. The van der Waals surface area contributed by atoms with Crippen molar-refractivity contribution in [2.24, 2.45) is 0 Å². The summed E-state index contributed by atoms with van der Waals surface area (Å²) in [5.74, 6) is 0.0789. The van der Waals surface area contributed by atoms with Crippen LogP contribution in [0.15, 0.2) is 33.5 Å². The van der Waals surface area contributed by atoms with Crippen molar-refractivity contribution >= 4 is 15.9 Å². The summed E-state index contributed by atoms with van der Waals surface area (Å²) in [4.78, 5) is 3.18. The van der Waals surface area contributed by atoms with Gasteiger partial charge < -0.3 is 4.42 Å². The molecule has 0 bridgehead atoms. The summed E-state index contributed by atoms with van der Waals surface area (Å²) in [6.07, 6.45) is -11.7. The smallest absolute Gasteiger partial charge is 0.437 e. The summed E-state index contributed by atoms with van der Waals surface area (Å²) >= 11 is 2.72. The van der Waals surface area contributed by atoms with E-state index >= 15 is 0 Å². The maximum atomic E-state index is 14.4. The van der Waals surface area contributed by atoms with Gasteiger partial charge in [-0.1, -0.05) is 0 Å². The third-order valence-corrected chi connectivity index (χ3v) is 3.76. The van der Waals surface area contributed by atoms with Gasteiger partial charge in [0.25, 0.3) is 0 Å². The number of halogens is 8. The summed E-state index contributed by atoms with van der Waals surface area (Å²) in [6.45, 7) is 1.27. The zero-order chi connectivity index (χ0) is 18.3. The van der Waals surface area contributed by atoms with Crippen molar-refractivity contribution < 1.29 is 35.2 Å². The van der Waals surface area contributed by atoms with E-state index < -0.39 is 35.7 Å². The van der Waals surface area contributed by atoms with Gasteiger partial charge in [-0.2, -0.15) is 26.3 Å². The molecule has 2 aromatic rings. The van der Waals surface area contributed by atoms with Crippen molar-refractivity contribution in [3.05, 3.63) is 51.6 Å². The molecule has 0 aliphatic heterocycles. The molecule has 0 atom stereocenters. The maximum Gasteiger partial charge on any atom is 0.437 e. The number of hydrogen-bond donors (Lipinski definition) is 0. The van der Waals surface area contributed by atoms with E-state index in [4.69, 9.17) is 4.42 Å². The number of nitrogens with zero attached hydrogens (tertiary/aromatic N) is 1. The summed E-state index contributed by atoms with van der Waals surface area (Å²) in [5, 5.41) is 0. The quantitative estimate of drug-likeness (QED) is 0.476. The standard InChI is InChI=1S/C14H9BrF7NO/c1-7-5-10(15)23-11(9(7)6-8-3-2-4-24-8)12(16,13(17,18)19)14(20,21)22/h2-5H,6H2,1H3. The van der Waals surface area contributed by atoms with Crippen LogP contribution in [-0.2, 0) is 12.1 Å². The Balaban J connectivity index is 2.75. The van der Waals surface area contributed by atoms with Crippen LogP contribution in [0.1, 0.15) is 22.6 Å². The number of aromatic nitrogens is 1. The van der Waals surface area contributed by atoms with E-state index in [0.29, 0.717) is 0 Å². The van der Waals surface area contributed by atoms with Crippen molar-refractivity contribution in [3.8, 4) is 0 Å². The van der Waals surface area contributed by atoms with Crippen LogP contribution in [-0.4, -0.2) is 17.3 Å². The molecule has 0 aliphatic carbocycles. The fraction of sp³-hybridized carbons (Fsp3) is 0.357. The van der Waals surface area contributed by atoms with Crippen LogP contribution in [0.2, 0.25) is 0 Å². The summed E-state index contributed by atoms with van der Waals surface area (Å²) < 4.78 is 97.2. The zero-order valence-electron chi connectivity index (χ0n) is 11.9. The highest BCUT2D eigenvalue weighted by molar-refractivity contribution is 9.10. The average Bonchev–Trinajstić information content (AvgIpc) is 2.91. The second-order valence-electron chi connectivity index (χ2n) is 5.00. The summed E-state index contributed by atoms with van der Waals surface area (Å²) in [7, 11) is 0. The van der Waals surface area contributed by atoms with E-state index in [1.807, 2.05) is 0 Å². The van der Waals surface area contributed by atoms with Crippen LogP contribution < -0.4 is 0 Å². The lowest BCUT2D eigenvalue weighted by Crippen LogP contribution is -2.51. The molecule has 0 aromatic carbocycles. The molecule has 0 radical (unpaired) electrons. The Morgan fingerprint density at radius 1 is 1.08 bits per heavy atom. The van der Waals surface area contributed by atoms with Crippen LogP contribution in [0, 0.1) is 6.92 Å². The molecule has 2 aromatic heterocycles. The number of aryl methyl sites for hydroxylation is 1. The lowest BCUT2D eigenvalue weighted by atomic mass is 9.91. The summed E-state index contributed by atoms with van der Waals surface area (Å²) in [6, 6.07) is 3.97. The van der Waals surface area contributed by atoms with E-state index in [1.54, 1.807) is 0 Å². The highest BCUT2D eigenvalue weighted by atomic mass is 79.9. The lowest BCUT2D eigenvalue weighted by Gasteiger charge is -2.31. The molecule has 0 N–H and O–H groups in total. The van der Waals surface area contributed by atoms with Crippen molar-refractivity contribution in [1.82, 2.24) is 4.98 Å². The molecule has 0 fully saturated rings. The average molecular weight is 420 g/mol. The first kappa shape index (κ1) is 18.8. The number of furan rings is 1. The fourth-order valence-electron chi connectivity index (χ4n) is 2.18. The number of pyridine rings is 1. The van der Waals surface area contributed by atoms with Crippen LogP contribution in [0.25, 0.3) is 0 Å². The number of alkyl halides is 7. The molecule has 24 heavy (non-hydrogen) atoms. The van der Waals surface area contributed by atoms with Gasteiger partial charge in [-0.15, -0.1) is 0 Å². The van der Waals surface area contributed by atoms with E-state index in [0.717, 1.165) is 0 Å². The zero-order valence-corrected chi connectivity index (χ0v) is 13.5. The molecule has 0 aliphatic rings. The lowest BCUT2D eigenvalue weighted by molar-refractivity contribution is -0.350. The van der Waals surface area contributed by atoms with Gasteiger partial charge in [-0.05, 0) is 52.2 Å². The Labute approximate surface area is 139 Å². The topological polar surface area (TPSA) is 26.0 Å². The molecule has 0 saturated carbocycles. The van der Waals surface area contributed by atoms with Gasteiger partial charge in [-0.3, -0.25) is 0 Å². The third-order valence-electron chi connectivity index (χ3n) is 3.35. The van der Waals surface area contributed by atoms with Gasteiger partial charge in [0, 0.05) is 6.42 Å². The number of hydrogen-bond acceptors (Lipinski definition) is 2. The molecule has 0 unspecified atom stereocenters. The highest BCUT2D eigenvalue weighted by Crippen LogP contribution is 2.54. The van der Waals surface area contributed by atoms with Gasteiger partial charge in [0.1, 0.15) is 16.1 Å². The van der Waals surface area contributed by atoms with Crippen LogP contribution in [0.3, 0.4) is 0 Å². The Hall–Kier alpha value is -1.58. The third kappa shape index (κ3) is 3.15. The monoisotopic (exact) mass is 419 g/mol. The Morgan fingerprint density at radius 2 is 1.67 bits per heavy atom. The van der Waals surface area contributed by atoms with E-state index in [1.165, 1.54) is 31.4 Å². The molecule has 2 heterocycles. The molecule has 0 amide bonds. The first-order valence-corrected chi connectivity index (χ1v) is 7.18. The predicted molar refractivity (Wildman–Crippen MR) is 73.1 cm³/mol. The molecule has 132 valence electrons. The van der Waals surface area contributed by atoms with Gasteiger partial charge in [0.15, 0.2) is 0 Å². The van der Waals surface area contributed by atoms with Crippen molar-refractivity contribution in [1.29, 1.82) is 0 Å². The fourth-order valence-corrected chi connectivity index (χ4v) is 2.70. The molecule has 10 heteroatoms. The molecule has 0 spiro atoms. The molecule has 2 rings (SSSR count). The van der Waals surface area contributed by atoms with E-state index in [2.05, 4.69) is 20.9 Å². The number of rotatable bonds is 3. The minimum absolute atomic E-state index is 0.0128. The minimum atomic E-state index is -6.23. The van der Waals surface area contributed by atoms with Crippen molar-refractivity contribution in [2.75, 3.05) is 0 Å². The van der Waals surface area contributed by atoms with Gasteiger partial charge in [0.05, 0.1) is 6.26 Å². The Bertz CT molecular complexity index is 708. The van der Waals surface area contributed by atoms with Crippen molar-refractivity contribution in [2.45, 2.75) is 31.4 Å². The van der Waals surface area contributed by atoms with E-state index in [9.17, 15) is 30.7 Å². The predicted octanol–water partition coefficient (Wildman–Crippen LogP) is 5.63. The van der Waals surface area contributed by atoms with Crippen molar-refractivity contribution in [3.63, 3.8) is 0 Å². The Kier molecular flexibility index (Phi) is 4.73. The largest absolute Gasteiger partial charge is 0.469 e. The molecular formula is C14H9BrF7NO. The van der Waals surface area contributed by atoms with Gasteiger partial charge in [-0.25, -0.2) is 9.37 Å². The molecular weight excluding hydrogens is 411 g/mol. The molecule has 2 nitrogen and oxygen atoms in total. The molecule has 0 saturated heterocycles. The first-order chi connectivity index (χ1) is 10.9. The van der Waals surface area contributed by atoms with Crippen LogP contribution in [0.5, 0.6) is 0 Å². The van der Waals surface area contributed by atoms with Crippen LogP contribution >= 0.6 is 15.9 Å². The SMILES string of the molecule is Cc1cc(Br)nc(C(F)(C(F)(F)F)C(F)(F)F)c1Cc1ccco1. The van der Waals surface area contributed by atoms with Gasteiger partial charge >= 0.3 is 18.0 Å². The first-order valence-electron chi connectivity index (χ1n) is 6.39. The second-order valence-corrected chi connectivity index (χ2v) is 5.81. The second kappa shape index (κ2) is 6.05. The Morgan fingerprint density at radius 3 is 2.12 bits per heavy atom. The normalized spacial score (nSPS) is 13.4. The van der Waals surface area contributed by atoms with Crippen LogP contribution in [0.4, 0.5) is 30.7 Å². The summed E-state index contributed by atoms with van der Waals surface area (Å²) in [5.41, 5.74) is -7.87. The maximum absolute atomic E-state index is 14.4. The highest BCUT2D eigenvalue weighted by Gasteiger charge is 2.75. The van der Waals surface area contributed by atoms with E-state index in [-0.39, 0.29) is 15.9 Å².